The summed E-state index contributed by atoms with van der Waals surface area (Å²) in [7, 11) is 0. The molecule has 1 aliphatic heterocycles. The smallest absolute Gasteiger partial charge is 0.0674 e. The van der Waals surface area contributed by atoms with Gasteiger partial charge in [-0.25, -0.2) is 0 Å². The lowest BCUT2D eigenvalue weighted by Crippen LogP contribution is -2.54. The fourth-order valence-corrected chi connectivity index (χ4v) is 4.25. The highest BCUT2D eigenvalue weighted by atomic mass is 16.5. The molecule has 1 saturated heterocycles. The molecular formula is C17H32N2O2. The molecule has 21 heavy (non-hydrogen) atoms. The van der Waals surface area contributed by atoms with Crippen LogP contribution < -0.4 is 5.32 Å². The van der Waals surface area contributed by atoms with Gasteiger partial charge in [0.1, 0.15) is 0 Å². The van der Waals surface area contributed by atoms with Crippen molar-refractivity contribution >= 4 is 0 Å². The van der Waals surface area contributed by atoms with Crippen LogP contribution in [0.2, 0.25) is 0 Å². The summed E-state index contributed by atoms with van der Waals surface area (Å²) < 4.78 is 5.72. The van der Waals surface area contributed by atoms with E-state index in [1.165, 1.54) is 32.1 Å². The van der Waals surface area contributed by atoms with E-state index in [-0.39, 0.29) is 5.54 Å². The second-order valence-electron chi connectivity index (χ2n) is 7.60. The molecule has 0 amide bonds. The van der Waals surface area contributed by atoms with Gasteiger partial charge in [0, 0.05) is 24.2 Å². The lowest BCUT2D eigenvalue weighted by molar-refractivity contribution is -0.0520. The number of rotatable bonds is 6. The Kier molecular flexibility index (Phi) is 4.89. The summed E-state index contributed by atoms with van der Waals surface area (Å²) in [5, 5.41) is 13.8. The molecule has 0 bridgehead atoms. The van der Waals surface area contributed by atoms with Gasteiger partial charge in [-0.1, -0.05) is 6.42 Å². The van der Waals surface area contributed by atoms with Crippen LogP contribution in [0.1, 0.15) is 52.4 Å². The molecule has 3 aliphatic rings. The standard InChI is InChI=1S/C17H32N2O2/c1-13-11-21-14(2)10-19(13)9-7-15-4-3-8-17(15,12-20)18-16-5-6-16/h13-16,18,20H,3-12H2,1-2H3. The number of morpholine rings is 1. The lowest BCUT2D eigenvalue weighted by atomic mass is 9.84. The zero-order valence-electron chi connectivity index (χ0n) is 13.7. The van der Waals surface area contributed by atoms with Crippen LogP contribution in [0.15, 0.2) is 0 Å². The number of nitrogens with zero attached hydrogens (tertiary/aromatic N) is 1. The summed E-state index contributed by atoms with van der Waals surface area (Å²) in [6.07, 6.45) is 7.85. The molecule has 0 aromatic rings. The van der Waals surface area contributed by atoms with Crippen LogP contribution in [0, 0.1) is 5.92 Å². The maximum atomic E-state index is 10.00. The summed E-state index contributed by atoms with van der Waals surface area (Å²) in [4.78, 5) is 2.58. The first-order valence-electron chi connectivity index (χ1n) is 8.87. The summed E-state index contributed by atoms with van der Waals surface area (Å²) in [6, 6.07) is 1.21. The van der Waals surface area contributed by atoms with E-state index >= 15 is 0 Å². The van der Waals surface area contributed by atoms with Gasteiger partial charge in [0.25, 0.3) is 0 Å². The third kappa shape index (κ3) is 3.61. The molecule has 3 fully saturated rings. The quantitative estimate of drug-likeness (QED) is 0.784. The van der Waals surface area contributed by atoms with Crippen molar-refractivity contribution in [2.24, 2.45) is 5.92 Å². The van der Waals surface area contributed by atoms with Crippen LogP contribution in [0.25, 0.3) is 0 Å². The molecule has 0 aromatic heterocycles. The second-order valence-corrected chi connectivity index (χ2v) is 7.60. The van der Waals surface area contributed by atoms with Crippen molar-refractivity contribution in [2.75, 3.05) is 26.3 Å². The van der Waals surface area contributed by atoms with Crippen molar-refractivity contribution in [3.63, 3.8) is 0 Å². The molecular weight excluding hydrogens is 264 g/mol. The minimum absolute atomic E-state index is 0.0162. The highest BCUT2D eigenvalue weighted by molar-refractivity contribution is 5.03. The summed E-state index contributed by atoms with van der Waals surface area (Å²) >= 11 is 0. The zero-order chi connectivity index (χ0) is 14.9. The first kappa shape index (κ1) is 15.7. The number of aliphatic hydroxyl groups excluding tert-OH is 1. The Labute approximate surface area is 129 Å². The van der Waals surface area contributed by atoms with Crippen LogP contribution in [-0.4, -0.2) is 60.0 Å². The molecule has 4 nitrogen and oxygen atoms in total. The van der Waals surface area contributed by atoms with Gasteiger partial charge in [-0.2, -0.15) is 0 Å². The number of aliphatic hydroxyl groups is 1. The molecule has 0 spiro atoms. The van der Waals surface area contributed by atoms with E-state index in [0.29, 0.717) is 30.7 Å². The third-order valence-electron chi connectivity index (χ3n) is 5.81. The van der Waals surface area contributed by atoms with Crippen molar-refractivity contribution in [1.82, 2.24) is 10.2 Å². The van der Waals surface area contributed by atoms with Crippen molar-refractivity contribution in [2.45, 2.75) is 76.1 Å². The average Bonchev–Trinajstić information content (AvgIpc) is 3.19. The maximum absolute atomic E-state index is 10.00. The van der Waals surface area contributed by atoms with E-state index < -0.39 is 0 Å². The molecule has 0 aromatic carbocycles. The number of ether oxygens (including phenoxy) is 1. The van der Waals surface area contributed by atoms with Gasteiger partial charge in [-0.3, -0.25) is 4.90 Å². The van der Waals surface area contributed by atoms with E-state index in [1.807, 2.05) is 0 Å². The van der Waals surface area contributed by atoms with E-state index in [4.69, 9.17) is 4.74 Å². The molecule has 4 atom stereocenters. The molecule has 1 heterocycles. The maximum Gasteiger partial charge on any atom is 0.0674 e. The van der Waals surface area contributed by atoms with Gasteiger partial charge >= 0.3 is 0 Å². The van der Waals surface area contributed by atoms with Crippen molar-refractivity contribution in [1.29, 1.82) is 0 Å². The predicted molar refractivity (Wildman–Crippen MR) is 84.4 cm³/mol. The minimum Gasteiger partial charge on any atom is -0.394 e. The molecule has 2 aliphatic carbocycles. The van der Waals surface area contributed by atoms with Crippen LogP contribution in [0.3, 0.4) is 0 Å². The van der Waals surface area contributed by atoms with Crippen molar-refractivity contribution in [3.8, 4) is 0 Å². The normalized spacial score (nSPS) is 41.6. The van der Waals surface area contributed by atoms with Gasteiger partial charge in [-0.15, -0.1) is 0 Å². The summed E-state index contributed by atoms with van der Waals surface area (Å²) in [5.74, 6) is 0.633. The van der Waals surface area contributed by atoms with Crippen LogP contribution in [-0.2, 0) is 4.74 Å². The highest BCUT2D eigenvalue weighted by Crippen LogP contribution is 2.40. The summed E-state index contributed by atoms with van der Waals surface area (Å²) in [5.41, 5.74) is 0.0162. The Morgan fingerprint density at radius 1 is 1.29 bits per heavy atom. The van der Waals surface area contributed by atoms with Gasteiger partial charge in [-0.05, 0) is 58.4 Å². The monoisotopic (exact) mass is 296 g/mol. The van der Waals surface area contributed by atoms with Crippen LogP contribution in [0.4, 0.5) is 0 Å². The van der Waals surface area contributed by atoms with Gasteiger partial charge in [0.2, 0.25) is 0 Å². The fraction of sp³-hybridized carbons (Fsp3) is 1.00. The molecule has 3 rings (SSSR count). The minimum atomic E-state index is 0.0162. The van der Waals surface area contributed by atoms with Gasteiger partial charge in [0.05, 0.1) is 19.3 Å². The van der Waals surface area contributed by atoms with Crippen LogP contribution in [0.5, 0.6) is 0 Å². The Hall–Kier alpha value is -0.160. The predicted octanol–water partition coefficient (Wildman–Crippen LogP) is 1.77. The number of nitrogens with one attached hydrogen (secondary N) is 1. The first-order valence-corrected chi connectivity index (χ1v) is 8.87. The molecule has 4 unspecified atom stereocenters. The Morgan fingerprint density at radius 2 is 2.10 bits per heavy atom. The van der Waals surface area contributed by atoms with Gasteiger partial charge in [0.15, 0.2) is 0 Å². The number of hydrogen-bond donors (Lipinski definition) is 2. The van der Waals surface area contributed by atoms with Gasteiger partial charge < -0.3 is 15.2 Å². The SMILES string of the molecule is CC1CN(CCC2CCCC2(CO)NC2CC2)C(C)CO1. The van der Waals surface area contributed by atoms with Crippen LogP contribution >= 0.6 is 0 Å². The molecule has 0 radical (unpaired) electrons. The largest absolute Gasteiger partial charge is 0.394 e. The Morgan fingerprint density at radius 3 is 2.81 bits per heavy atom. The molecule has 2 saturated carbocycles. The zero-order valence-corrected chi connectivity index (χ0v) is 13.7. The van der Waals surface area contributed by atoms with E-state index in [1.54, 1.807) is 0 Å². The summed E-state index contributed by atoms with van der Waals surface area (Å²) in [6.45, 7) is 7.80. The third-order valence-corrected chi connectivity index (χ3v) is 5.81. The average molecular weight is 296 g/mol. The topological polar surface area (TPSA) is 44.7 Å². The van der Waals surface area contributed by atoms with Crippen molar-refractivity contribution in [3.05, 3.63) is 0 Å². The van der Waals surface area contributed by atoms with E-state index in [9.17, 15) is 5.11 Å². The first-order chi connectivity index (χ1) is 10.1. The Bertz CT molecular complexity index is 348. The second kappa shape index (κ2) is 6.53. The van der Waals surface area contributed by atoms with E-state index in [0.717, 1.165) is 26.1 Å². The number of hydrogen-bond acceptors (Lipinski definition) is 4. The molecule has 2 N–H and O–H groups in total. The lowest BCUT2D eigenvalue weighted by Gasteiger charge is -2.40. The van der Waals surface area contributed by atoms with Crippen molar-refractivity contribution < 1.29 is 9.84 Å². The Balaban J connectivity index is 1.55. The molecule has 4 heteroatoms. The molecule has 122 valence electrons. The van der Waals surface area contributed by atoms with E-state index in [2.05, 4.69) is 24.1 Å². The highest BCUT2D eigenvalue weighted by Gasteiger charge is 2.45. The fourth-order valence-electron chi connectivity index (χ4n) is 4.25.